The van der Waals surface area contributed by atoms with E-state index in [1.54, 1.807) is 6.07 Å². The molecule has 0 radical (unpaired) electrons. The summed E-state index contributed by atoms with van der Waals surface area (Å²) in [6.45, 7) is 0.541. The van der Waals surface area contributed by atoms with E-state index >= 15 is 0 Å². The van der Waals surface area contributed by atoms with E-state index in [0.717, 1.165) is 6.92 Å². The average Bonchev–Trinajstić information content (AvgIpc) is 2.15. The molecule has 0 heterocycles. The lowest BCUT2D eigenvalue weighted by Crippen LogP contribution is -2.09. The molecule has 1 aromatic carbocycles. The quantitative estimate of drug-likeness (QED) is 0.814. The second-order valence-corrected chi connectivity index (χ2v) is 3.08. The Morgan fingerprint density at radius 3 is 2.50 bits per heavy atom. The second-order valence-electron chi connectivity index (χ2n) is 3.08. The molecule has 14 heavy (non-hydrogen) atoms. The first kappa shape index (κ1) is 10.9. The fourth-order valence-electron chi connectivity index (χ4n) is 1.20. The van der Waals surface area contributed by atoms with Gasteiger partial charge in [-0.1, -0.05) is 6.07 Å². The van der Waals surface area contributed by atoms with Gasteiger partial charge in [-0.25, -0.2) is 8.78 Å². The number of hydrogen-bond donors (Lipinski definition) is 1. The molecule has 0 spiro atoms. The van der Waals surface area contributed by atoms with Crippen molar-refractivity contribution < 1.29 is 18.6 Å². The van der Waals surface area contributed by atoms with Crippen molar-refractivity contribution in [2.24, 2.45) is 0 Å². The van der Waals surface area contributed by atoms with Crippen molar-refractivity contribution in [1.29, 1.82) is 0 Å². The average molecular weight is 202 g/mol. The van der Waals surface area contributed by atoms with Gasteiger partial charge in [0, 0.05) is 6.92 Å². The van der Waals surface area contributed by atoms with Gasteiger partial charge in [0.1, 0.15) is 5.75 Å². The van der Waals surface area contributed by atoms with Gasteiger partial charge in [0.05, 0.1) is 19.3 Å². The molecule has 0 aliphatic heterocycles. The van der Waals surface area contributed by atoms with Crippen molar-refractivity contribution in [2.75, 3.05) is 7.11 Å². The standard InChI is InChI=1S/C10H12F2O2/c1-10(11,12)8-5-7(6-13)3-4-9(8)14-2/h3-5,13H,6H2,1-2H3. The summed E-state index contributed by atoms with van der Waals surface area (Å²) in [6.07, 6.45) is 0. The molecule has 0 unspecified atom stereocenters. The Kier molecular flexibility index (Phi) is 3.06. The van der Waals surface area contributed by atoms with E-state index in [4.69, 9.17) is 9.84 Å². The molecule has 0 bridgehead atoms. The van der Waals surface area contributed by atoms with E-state index < -0.39 is 5.92 Å². The number of aliphatic hydroxyl groups excluding tert-OH is 1. The number of hydrogen-bond acceptors (Lipinski definition) is 2. The summed E-state index contributed by atoms with van der Waals surface area (Å²) in [5.74, 6) is -2.83. The Labute approximate surface area is 81.1 Å². The molecule has 0 fully saturated rings. The van der Waals surface area contributed by atoms with Gasteiger partial charge in [0.15, 0.2) is 0 Å². The maximum absolute atomic E-state index is 13.1. The molecule has 1 aromatic rings. The molecule has 0 amide bonds. The highest BCUT2D eigenvalue weighted by Crippen LogP contribution is 2.34. The predicted octanol–water partition coefficient (Wildman–Crippen LogP) is 2.30. The summed E-state index contributed by atoms with van der Waals surface area (Å²) in [5, 5.41) is 8.81. The lowest BCUT2D eigenvalue weighted by atomic mass is 10.1. The van der Waals surface area contributed by atoms with Gasteiger partial charge in [-0.15, -0.1) is 0 Å². The van der Waals surface area contributed by atoms with Crippen LogP contribution in [0, 0.1) is 0 Å². The van der Waals surface area contributed by atoms with Gasteiger partial charge >= 0.3 is 0 Å². The van der Waals surface area contributed by atoms with Crippen molar-refractivity contribution in [2.45, 2.75) is 19.5 Å². The SMILES string of the molecule is COc1ccc(CO)cc1C(C)(F)F. The van der Waals surface area contributed by atoms with Crippen LogP contribution in [0.3, 0.4) is 0 Å². The predicted molar refractivity (Wildman–Crippen MR) is 48.5 cm³/mol. The van der Waals surface area contributed by atoms with Gasteiger partial charge in [-0.05, 0) is 17.7 Å². The Hall–Kier alpha value is -1.16. The number of aliphatic hydroxyl groups is 1. The van der Waals surface area contributed by atoms with E-state index in [9.17, 15) is 8.78 Å². The van der Waals surface area contributed by atoms with E-state index in [0.29, 0.717) is 5.56 Å². The normalized spacial score (nSPS) is 11.5. The monoisotopic (exact) mass is 202 g/mol. The molecule has 78 valence electrons. The Balaban J connectivity index is 3.22. The number of benzene rings is 1. The summed E-state index contributed by atoms with van der Waals surface area (Å²) < 4.78 is 30.9. The highest BCUT2D eigenvalue weighted by Gasteiger charge is 2.28. The molecule has 0 aromatic heterocycles. The zero-order chi connectivity index (χ0) is 10.8. The number of halogens is 2. The van der Waals surface area contributed by atoms with Crippen LogP contribution in [0.5, 0.6) is 5.75 Å². The third kappa shape index (κ3) is 2.20. The van der Waals surface area contributed by atoms with Gasteiger partial charge in [-0.2, -0.15) is 0 Å². The summed E-state index contributed by atoms with van der Waals surface area (Å²) in [6, 6.07) is 4.23. The maximum atomic E-state index is 13.1. The molecule has 0 saturated heterocycles. The lowest BCUT2D eigenvalue weighted by molar-refractivity contribution is 0.0149. The number of methoxy groups -OCH3 is 1. The largest absolute Gasteiger partial charge is 0.496 e. The summed E-state index contributed by atoms with van der Waals surface area (Å²) >= 11 is 0. The number of ether oxygens (including phenoxy) is 1. The summed E-state index contributed by atoms with van der Waals surface area (Å²) in [4.78, 5) is 0. The number of rotatable bonds is 3. The van der Waals surface area contributed by atoms with Crippen LogP contribution in [0.15, 0.2) is 18.2 Å². The van der Waals surface area contributed by atoms with Crippen LogP contribution in [0.2, 0.25) is 0 Å². The minimum absolute atomic E-state index is 0.134. The first-order valence-electron chi connectivity index (χ1n) is 4.15. The van der Waals surface area contributed by atoms with Gasteiger partial charge in [0.25, 0.3) is 5.92 Å². The van der Waals surface area contributed by atoms with Crippen molar-refractivity contribution in [1.82, 2.24) is 0 Å². The van der Waals surface area contributed by atoms with Gasteiger partial charge < -0.3 is 9.84 Å². The summed E-state index contributed by atoms with van der Waals surface area (Å²) in [5.41, 5.74) is 0.244. The third-order valence-corrected chi connectivity index (χ3v) is 1.92. The van der Waals surface area contributed by atoms with Gasteiger partial charge in [0.2, 0.25) is 0 Å². The topological polar surface area (TPSA) is 29.5 Å². The lowest BCUT2D eigenvalue weighted by Gasteiger charge is -2.15. The van der Waals surface area contributed by atoms with Crippen LogP contribution in [0.1, 0.15) is 18.1 Å². The van der Waals surface area contributed by atoms with E-state index in [1.165, 1.54) is 19.2 Å². The highest BCUT2D eigenvalue weighted by molar-refractivity contribution is 5.39. The fourth-order valence-corrected chi connectivity index (χ4v) is 1.20. The van der Waals surface area contributed by atoms with Crippen molar-refractivity contribution >= 4 is 0 Å². The van der Waals surface area contributed by atoms with Crippen LogP contribution in [0.4, 0.5) is 8.78 Å². The van der Waals surface area contributed by atoms with Crippen LogP contribution >= 0.6 is 0 Å². The molecule has 0 atom stereocenters. The molecule has 4 heteroatoms. The van der Waals surface area contributed by atoms with Crippen LogP contribution in [-0.4, -0.2) is 12.2 Å². The van der Waals surface area contributed by atoms with Crippen molar-refractivity contribution in [3.63, 3.8) is 0 Å². The smallest absolute Gasteiger partial charge is 0.274 e. The first-order chi connectivity index (χ1) is 6.49. The minimum Gasteiger partial charge on any atom is -0.496 e. The molecule has 0 saturated carbocycles. The van der Waals surface area contributed by atoms with Crippen molar-refractivity contribution in [3.05, 3.63) is 29.3 Å². The molecule has 0 aliphatic rings. The molecule has 1 N–H and O–H groups in total. The Morgan fingerprint density at radius 1 is 1.43 bits per heavy atom. The van der Waals surface area contributed by atoms with Crippen molar-refractivity contribution in [3.8, 4) is 5.75 Å². The van der Waals surface area contributed by atoms with Gasteiger partial charge in [-0.3, -0.25) is 0 Å². The molecule has 0 aliphatic carbocycles. The molecule has 2 nitrogen and oxygen atoms in total. The molecular weight excluding hydrogens is 190 g/mol. The maximum Gasteiger partial charge on any atom is 0.274 e. The Morgan fingerprint density at radius 2 is 2.07 bits per heavy atom. The third-order valence-electron chi connectivity index (χ3n) is 1.92. The van der Waals surface area contributed by atoms with E-state index in [1.807, 2.05) is 0 Å². The second kappa shape index (κ2) is 3.92. The molecule has 1 rings (SSSR count). The van der Waals surface area contributed by atoms with E-state index in [-0.39, 0.29) is 17.9 Å². The Bertz CT molecular complexity index is 318. The van der Waals surface area contributed by atoms with Crippen LogP contribution in [0.25, 0.3) is 0 Å². The zero-order valence-electron chi connectivity index (χ0n) is 8.05. The highest BCUT2D eigenvalue weighted by atomic mass is 19.3. The van der Waals surface area contributed by atoms with Crippen LogP contribution < -0.4 is 4.74 Å². The van der Waals surface area contributed by atoms with E-state index in [2.05, 4.69) is 0 Å². The zero-order valence-corrected chi connectivity index (χ0v) is 8.05. The minimum atomic E-state index is -2.96. The van der Waals surface area contributed by atoms with Crippen LogP contribution in [-0.2, 0) is 12.5 Å². The number of alkyl halides is 2. The first-order valence-corrected chi connectivity index (χ1v) is 4.15. The summed E-state index contributed by atoms with van der Waals surface area (Å²) in [7, 11) is 1.34. The molecular formula is C10H12F2O2. The fraction of sp³-hybridized carbons (Fsp3) is 0.400.